The van der Waals surface area contributed by atoms with Crippen LogP contribution in [0.5, 0.6) is 0 Å². The molecular formula is C6H10O3. The molecule has 0 bridgehead atoms. The number of carbonyl (C=O) groups excluding carboxylic acids is 1. The van der Waals surface area contributed by atoms with Crippen molar-refractivity contribution in [2.45, 2.75) is 6.42 Å². The van der Waals surface area contributed by atoms with E-state index in [2.05, 4.69) is 16.1 Å². The standard InChI is InChI=1S/C6H10O3/c1-5(8-2)4-6(7)9-3/h1,4H2,2-3H3. The molecule has 0 saturated heterocycles. The topological polar surface area (TPSA) is 35.5 Å². The van der Waals surface area contributed by atoms with Gasteiger partial charge >= 0.3 is 5.97 Å². The fourth-order valence-corrected chi connectivity index (χ4v) is 0.305. The fraction of sp³-hybridized carbons (Fsp3) is 0.500. The van der Waals surface area contributed by atoms with Crippen LogP contribution in [0.3, 0.4) is 0 Å². The molecule has 0 aliphatic carbocycles. The van der Waals surface area contributed by atoms with E-state index in [9.17, 15) is 4.79 Å². The predicted molar refractivity (Wildman–Crippen MR) is 32.8 cm³/mol. The first kappa shape index (κ1) is 8.01. The Labute approximate surface area is 54.3 Å². The zero-order valence-electron chi connectivity index (χ0n) is 5.64. The van der Waals surface area contributed by atoms with E-state index in [1.807, 2.05) is 0 Å². The molecule has 52 valence electrons. The normalized spacial score (nSPS) is 8.22. The average Bonchev–Trinajstić information content (AvgIpc) is 1.87. The van der Waals surface area contributed by atoms with Crippen molar-refractivity contribution >= 4 is 5.97 Å². The van der Waals surface area contributed by atoms with Crippen LogP contribution in [0.25, 0.3) is 0 Å². The highest BCUT2D eigenvalue weighted by Gasteiger charge is 2.01. The number of methoxy groups -OCH3 is 2. The Bertz CT molecular complexity index is 103. The van der Waals surface area contributed by atoms with Gasteiger partial charge in [0.05, 0.1) is 20.0 Å². The van der Waals surface area contributed by atoms with E-state index in [0.29, 0.717) is 5.76 Å². The molecule has 3 heteroatoms. The molecule has 0 saturated carbocycles. The third-order valence-electron chi connectivity index (χ3n) is 0.858. The second-order valence-corrected chi connectivity index (χ2v) is 1.50. The zero-order chi connectivity index (χ0) is 7.28. The minimum absolute atomic E-state index is 0.132. The van der Waals surface area contributed by atoms with Crippen LogP contribution >= 0.6 is 0 Å². The highest BCUT2D eigenvalue weighted by atomic mass is 16.5. The lowest BCUT2D eigenvalue weighted by Crippen LogP contribution is -2.01. The summed E-state index contributed by atoms with van der Waals surface area (Å²) in [5, 5.41) is 0. The van der Waals surface area contributed by atoms with Crippen molar-refractivity contribution in [1.29, 1.82) is 0 Å². The van der Waals surface area contributed by atoms with Crippen molar-refractivity contribution in [2.75, 3.05) is 14.2 Å². The molecule has 0 spiro atoms. The SMILES string of the molecule is C=C(CC(=O)OC)OC. The van der Waals surface area contributed by atoms with Gasteiger partial charge in [-0.1, -0.05) is 6.58 Å². The third kappa shape index (κ3) is 3.58. The lowest BCUT2D eigenvalue weighted by atomic mass is 10.4. The number of carbonyl (C=O) groups is 1. The second-order valence-electron chi connectivity index (χ2n) is 1.50. The largest absolute Gasteiger partial charge is 0.501 e. The van der Waals surface area contributed by atoms with Crippen molar-refractivity contribution < 1.29 is 14.3 Å². The maximum Gasteiger partial charge on any atom is 0.313 e. The Morgan fingerprint density at radius 3 is 2.33 bits per heavy atom. The molecule has 0 atom stereocenters. The first-order valence-electron chi connectivity index (χ1n) is 2.49. The predicted octanol–water partition coefficient (Wildman–Crippen LogP) is 0.710. The van der Waals surface area contributed by atoms with Crippen LogP contribution in [0, 0.1) is 0 Å². The van der Waals surface area contributed by atoms with E-state index >= 15 is 0 Å². The monoisotopic (exact) mass is 130 g/mol. The maximum absolute atomic E-state index is 10.4. The molecule has 0 aromatic carbocycles. The van der Waals surface area contributed by atoms with Gasteiger partial charge < -0.3 is 9.47 Å². The second kappa shape index (κ2) is 3.95. The van der Waals surface area contributed by atoms with Crippen LogP contribution in [0.1, 0.15) is 6.42 Å². The zero-order valence-corrected chi connectivity index (χ0v) is 5.64. The van der Waals surface area contributed by atoms with E-state index in [0.717, 1.165) is 0 Å². The van der Waals surface area contributed by atoms with Gasteiger partial charge in [0.15, 0.2) is 0 Å². The van der Waals surface area contributed by atoms with Crippen molar-refractivity contribution in [3.63, 3.8) is 0 Å². The summed E-state index contributed by atoms with van der Waals surface area (Å²) in [5.41, 5.74) is 0. The Kier molecular flexibility index (Phi) is 3.51. The lowest BCUT2D eigenvalue weighted by Gasteiger charge is -2.00. The summed E-state index contributed by atoms with van der Waals surface area (Å²) < 4.78 is 8.97. The summed E-state index contributed by atoms with van der Waals surface area (Å²) in [6, 6.07) is 0. The molecule has 3 nitrogen and oxygen atoms in total. The maximum atomic E-state index is 10.4. The molecule has 0 aromatic rings. The molecule has 9 heavy (non-hydrogen) atoms. The van der Waals surface area contributed by atoms with Gasteiger partial charge in [0, 0.05) is 0 Å². The molecule has 0 amide bonds. The summed E-state index contributed by atoms with van der Waals surface area (Å²) in [5.74, 6) is 0.0868. The van der Waals surface area contributed by atoms with Gasteiger partial charge in [-0.25, -0.2) is 0 Å². The van der Waals surface area contributed by atoms with E-state index in [1.165, 1.54) is 14.2 Å². The van der Waals surface area contributed by atoms with E-state index in [4.69, 9.17) is 0 Å². The minimum atomic E-state index is -0.332. The van der Waals surface area contributed by atoms with Gasteiger partial charge in [0.2, 0.25) is 0 Å². The number of ether oxygens (including phenoxy) is 2. The van der Waals surface area contributed by atoms with Gasteiger partial charge in [0.1, 0.15) is 6.42 Å². The van der Waals surface area contributed by atoms with Crippen molar-refractivity contribution in [1.82, 2.24) is 0 Å². The number of hydrogen-bond acceptors (Lipinski definition) is 3. The first-order chi connectivity index (χ1) is 4.20. The smallest absolute Gasteiger partial charge is 0.313 e. The Morgan fingerprint density at radius 2 is 2.00 bits per heavy atom. The number of rotatable bonds is 3. The van der Waals surface area contributed by atoms with Crippen LogP contribution in [-0.2, 0) is 14.3 Å². The van der Waals surface area contributed by atoms with Crippen molar-refractivity contribution in [3.8, 4) is 0 Å². The molecule has 0 aliphatic rings. The summed E-state index contributed by atoms with van der Waals surface area (Å²) in [6.45, 7) is 3.44. The molecular weight excluding hydrogens is 120 g/mol. The minimum Gasteiger partial charge on any atom is -0.501 e. The Balaban J connectivity index is 3.47. The van der Waals surface area contributed by atoms with E-state index in [-0.39, 0.29) is 12.4 Å². The summed E-state index contributed by atoms with van der Waals surface area (Å²) in [6.07, 6.45) is 0.132. The molecule has 0 heterocycles. The summed E-state index contributed by atoms with van der Waals surface area (Å²) >= 11 is 0. The van der Waals surface area contributed by atoms with Gasteiger partial charge in [-0.15, -0.1) is 0 Å². The number of hydrogen-bond donors (Lipinski definition) is 0. The van der Waals surface area contributed by atoms with E-state index < -0.39 is 0 Å². The quantitative estimate of drug-likeness (QED) is 0.417. The van der Waals surface area contributed by atoms with Gasteiger partial charge in [0.25, 0.3) is 0 Å². The third-order valence-corrected chi connectivity index (χ3v) is 0.858. The Morgan fingerprint density at radius 1 is 1.44 bits per heavy atom. The molecule has 0 fully saturated rings. The molecule has 0 rings (SSSR count). The molecule has 0 aromatic heterocycles. The summed E-state index contributed by atoms with van der Waals surface area (Å²) in [4.78, 5) is 10.4. The van der Waals surface area contributed by atoms with Gasteiger partial charge in [-0.3, -0.25) is 4.79 Å². The molecule has 0 unspecified atom stereocenters. The lowest BCUT2D eigenvalue weighted by molar-refractivity contribution is -0.140. The molecule has 0 N–H and O–H groups in total. The highest BCUT2D eigenvalue weighted by Crippen LogP contribution is 1.97. The van der Waals surface area contributed by atoms with Crippen molar-refractivity contribution in [3.05, 3.63) is 12.3 Å². The molecule has 0 aliphatic heterocycles. The Hall–Kier alpha value is -0.990. The first-order valence-corrected chi connectivity index (χ1v) is 2.49. The average molecular weight is 130 g/mol. The molecule has 0 radical (unpaired) electrons. The summed E-state index contributed by atoms with van der Waals surface area (Å²) in [7, 11) is 2.79. The van der Waals surface area contributed by atoms with Crippen molar-refractivity contribution in [2.24, 2.45) is 0 Å². The fourth-order valence-electron chi connectivity index (χ4n) is 0.305. The van der Waals surface area contributed by atoms with Crippen LogP contribution in [0.15, 0.2) is 12.3 Å². The van der Waals surface area contributed by atoms with Gasteiger partial charge in [-0.2, -0.15) is 0 Å². The van der Waals surface area contributed by atoms with Crippen LogP contribution in [-0.4, -0.2) is 20.2 Å². The van der Waals surface area contributed by atoms with Gasteiger partial charge in [-0.05, 0) is 0 Å². The van der Waals surface area contributed by atoms with Crippen LogP contribution < -0.4 is 0 Å². The highest BCUT2D eigenvalue weighted by molar-refractivity contribution is 5.71. The van der Waals surface area contributed by atoms with Crippen LogP contribution in [0.2, 0.25) is 0 Å². The van der Waals surface area contributed by atoms with E-state index in [1.54, 1.807) is 0 Å². The van der Waals surface area contributed by atoms with Crippen LogP contribution in [0.4, 0.5) is 0 Å². The number of esters is 1.